The number of amides is 1. The highest BCUT2D eigenvalue weighted by Gasteiger charge is 2.11. The van der Waals surface area contributed by atoms with Gasteiger partial charge in [0.2, 0.25) is 0 Å². The topological polar surface area (TPSA) is 38.3 Å². The van der Waals surface area contributed by atoms with E-state index in [1.807, 2.05) is 0 Å². The lowest BCUT2D eigenvalue weighted by Crippen LogP contribution is -2.13. The summed E-state index contributed by atoms with van der Waals surface area (Å²) in [6, 6.07) is 10.2. The number of carbonyl (C=O) groups is 1. The van der Waals surface area contributed by atoms with Crippen LogP contribution in [-0.2, 0) is 4.74 Å². The second kappa shape index (κ2) is 7.03. The largest absolute Gasteiger partial charge is 0.450 e. The van der Waals surface area contributed by atoms with Crippen LogP contribution in [0.4, 0.5) is 10.5 Å². The molecule has 2 aromatic rings. The Hall–Kier alpha value is -1.42. The van der Waals surface area contributed by atoms with Gasteiger partial charge in [0.25, 0.3) is 0 Å². The minimum atomic E-state index is -0.533. The second-order valence-electron chi connectivity index (χ2n) is 4.19. The molecule has 6 heteroatoms. The number of rotatable bonds is 3. The van der Waals surface area contributed by atoms with E-state index in [0.717, 1.165) is 5.56 Å². The third-order valence-corrected chi connectivity index (χ3v) is 3.34. The highest BCUT2D eigenvalue weighted by Crippen LogP contribution is 2.34. The minimum absolute atomic E-state index is 0.289. The summed E-state index contributed by atoms with van der Waals surface area (Å²) in [7, 11) is 0. The molecule has 3 nitrogen and oxygen atoms in total. The van der Waals surface area contributed by atoms with Crippen LogP contribution < -0.4 is 5.32 Å². The molecule has 0 saturated carbocycles. The van der Waals surface area contributed by atoms with Gasteiger partial charge in [0, 0.05) is 20.6 Å². The summed E-state index contributed by atoms with van der Waals surface area (Å²) in [6.07, 6.45) is -0.533. The zero-order valence-electron chi connectivity index (χ0n) is 11.1. The fraction of sp³-hybridized carbons (Fsp3) is 0.133. The maximum Gasteiger partial charge on any atom is 0.411 e. The average molecular weight is 345 g/mol. The summed E-state index contributed by atoms with van der Waals surface area (Å²) in [5.74, 6) is 0. The van der Waals surface area contributed by atoms with Gasteiger partial charge in [0.1, 0.15) is 0 Å². The van der Waals surface area contributed by atoms with Gasteiger partial charge in [-0.15, -0.1) is 0 Å². The molecule has 0 bridgehead atoms. The molecule has 0 aliphatic carbocycles. The van der Waals surface area contributed by atoms with E-state index in [4.69, 9.17) is 39.5 Å². The van der Waals surface area contributed by atoms with E-state index >= 15 is 0 Å². The Kier molecular flexibility index (Phi) is 5.34. The first-order valence-electron chi connectivity index (χ1n) is 6.19. The van der Waals surface area contributed by atoms with Crippen molar-refractivity contribution in [3.05, 3.63) is 51.5 Å². The van der Waals surface area contributed by atoms with Gasteiger partial charge in [-0.05, 0) is 48.9 Å². The highest BCUT2D eigenvalue weighted by molar-refractivity contribution is 6.35. The van der Waals surface area contributed by atoms with Crippen molar-refractivity contribution in [1.82, 2.24) is 0 Å². The highest BCUT2D eigenvalue weighted by atomic mass is 35.5. The lowest BCUT2D eigenvalue weighted by atomic mass is 10.0. The molecule has 0 heterocycles. The van der Waals surface area contributed by atoms with Crippen molar-refractivity contribution in [2.75, 3.05) is 11.9 Å². The van der Waals surface area contributed by atoms with Crippen molar-refractivity contribution >= 4 is 46.6 Å². The van der Waals surface area contributed by atoms with Crippen LogP contribution in [0.5, 0.6) is 0 Å². The fourth-order valence-corrected chi connectivity index (χ4v) is 2.55. The molecule has 0 aliphatic rings. The first-order valence-corrected chi connectivity index (χ1v) is 7.32. The lowest BCUT2D eigenvalue weighted by molar-refractivity contribution is 0.168. The zero-order chi connectivity index (χ0) is 15.4. The molecule has 1 amide bonds. The van der Waals surface area contributed by atoms with Crippen LogP contribution in [0.1, 0.15) is 6.92 Å². The standard InChI is InChI=1S/C15H12Cl3NO2/c1-2-21-15(20)19-14-4-3-10(16)8-13(14)9-5-11(17)7-12(18)6-9/h3-8H,2H2,1H3,(H,19,20). The maximum absolute atomic E-state index is 11.6. The molecular formula is C15H12Cl3NO2. The van der Waals surface area contributed by atoms with E-state index < -0.39 is 6.09 Å². The van der Waals surface area contributed by atoms with Crippen LogP contribution in [0.15, 0.2) is 36.4 Å². The molecule has 0 saturated heterocycles. The van der Waals surface area contributed by atoms with E-state index in [0.29, 0.717) is 26.3 Å². The summed E-state index contributed by atoms with van der Waals surface area (Å²) < 4.78 is 4.88. The molecule has 0 radical (unpaired) electrons. The molecule has 0 atom stereocenters. The maximum atomic E-state index is 11.6. The second-order valence-corrected chi connectivity index (χ2v) is 5.50. The predicted octanol–water partition coefficient (Wildman–Crippen LogP) is 5.88. The molecule has 0 unspecified atom stereocenters. The summed E-state index contributed by atoms with van der Waals surface area (Å²) >= 11 is 18.1. The Morgan fingerprint density at radius 2 is 1.71 bits per heavy atom. The lowest BCUT2D eigenvalue weighted by Gasteiger charge is -2.12. The minimum Gasteiger partial charge on any atom is -0.450 e. The number of anilines is 1. The number of hydrogen-bond donors (Lipinski definition) is 1. The van der Waals surface area contributed by atoms with Crippen molar-refractivity contribution in [3.8, 4) is 11.1 Å². The van der Waals surface area contributed by atoms with Crippen molar-refractivity contribution in [2.24, 2.45) is 0 Å². The number of benzene rings is 2. The molecule has 1 N–H and O–H groups in total. The molecule has 0 spiro atoms. The van der Waals surface area contributed by atoms with Gasteiger partial charge in [-0.2, -0.15) is 0 Å². The molecule has 0 fully saturated rings. The van der Waals surface area contributed by atoms with Crippen LogP contribution in [0.25, 0.3) is 11.1 Å². The first kappa shape index (κ1) is 16.0. The summed E-state index contributed by atoms with van der Waals surface area (Å²) in [5, 5.41) is 4.21. The van der Waals surface area contributed by atoms with E-state index in [-0.39, 0.29) is 6.61 Å². The van der Waals surface area contributed by atoms with Crippen LogP contribution in [0.2, 0.25) is 15.1 Å². The number of ether oxygens (including phenoxy) is 1. The Labute approximate surface area is 137 Å². The van der Waals surface area contributed by atoms with Crippen molar-refractivity contribution in [3.63, 3.8) is 0 Å². The number of nitrogens with one attached hydrogen (secondary N) is 1. The zero-order valence-corrected chi connectivity index (χ0v) is 13.4. The van der Waals surface area contributed by atoms with Crippen molar-refractivity contribution in [2.45, 2.75) is 6.92 Å². The van der Waals surface area contributed by atoms with Gasteiger partial charge in [0.05, 0.1) is 12.3 Å². The smallest absolute Gasteiger partial charge is 0.411 e. The Bertz CT molecular complexity index is 654. The van der Waals surface area contributed by atoms with Crippen molar-refractivity contribution in [1.29, 1.82) is 0 Å². The molecule has 21 heavy (non-hydrogen) atoms. The molecule has 2 rings (SSSR count). The third kappa shape index (κ3) is 4.27. The van der Waals surface area contributed by atoms with Crippen LogP contribution in [0.3, 0.4) is 0 Å². The fourth-order valence-electron chi connectivity index (χ4n) is 1.85. The van der Waals surface area contributed by atoms with Gasteiger partial charge in [-0.1, -0.05) is 34.8 Å². The van der Waals surface area contributed by atoms with Crippen molar-refractivity contribution < 1.29 is 9.53 Å². The van der Waals surface area contributed by atoms with Gasteiger partial charge < -0.3 is 4.74 Å². The Balaban J connectivity index is 2.46. The van der Waals surface area contributed by atoms with E-state index in [2.05, 4.69) is 5.32 Å². The Morgan fingerprint density at radius 3 is 2.33 bits per heavy atom. The summed E-state index contributed by atoms with van der Waals surface area (Å²) in [5.41, 5.74) is 2.03. The quantitative estimate of drug-likeness (QED) is 0.754. The van der Waals surface area contributed by atoms with Crippen LogP contribution in [-0.4, -0.2) is 12.7 Å². The van der Waals surface area contributed by atoms with Gasteiger partial charge in [-0.25, -0.2) is 4.79 Å². The SMILES string of the molecule is CCOC(=O)Nc1ccc(Cl)cc1-c1cc(Cl)cc(Cl)c1. The number of carbonyl (C=O) groups excluding carboxylic acids is 1. The monoisotopic (exact) mass is 343 g/mol. The molecule has 0 aliphatic heterocycles. The molecule has 0 aromatic heterocycles. The van der Waals surface area contributed by atoms with E-state index in [1.54, 1.807) is 43.3 Å². The van der Waals surface area contributed by atoms with Gasteiger partial charge in [0.15, 0.2) is 0 Å². The van der Waals surface area contributed by atoms with Gasteiger partial charge >= 0.3 is 6.09 Å². The van der Waals surface area contributed by atoms with E-state index in [1.165, 1.54) is 0 Å². The summed E-state index contributed by atoms with van der Waals surface area (Å²) in [6.45, 7) is 2.02. The molecular weight excluding hydrogens is 333 g/mol. The number of hydrogen-bond acceptors (Lipinski definition) is 2. The van der Waals surface area contributed by atoms with Gasteiger partial charge in [-0.3, -0.25) is 5.32 Å². The summed E-state index contributed by atoms with van der Waals surface area (Å²) in [4.78, 5) is 11.6. The van der Waals surface area contributed by atoms with Crippen LogP contribution in [0, 0.1) is 0 Å². The predicted molar refractivity (Wildman–Crippen MR) is 87.6 cm³/mol. The number of halogens is 3. The molecule has 110 valence electrons. The average Bonchev–Trinajstić information content (AvgIpc) is 2.40. The normalized spacial score (nSPS) is 10.3. The first-order chi connectivity index (χ1) is 9.99. The van der Waals surface area contributed by atoms with E-state index in [9.17, 15) is 4.79 Å². The third-order valence-electron chi connectivity index (χ3n) is 2.67. The Morgan fingerprint density at radius 1 is 1.05 bits per heavy atom. The van der Waals surface area contributed by atoms with Crippen LogP contribution >= 0.6 is 34.8 Å². The molecule has 2 aromatic carbocycles.